The summed E-state index contributed by atoms with van der Waals surface area (Å²) in [5.74, 6) is -0.301. The molecule has 6 rings (SSSR count). The van der Waals surface area contributed by atoms with Gasteiger partial charge in [0.2, 0.25) is 5.91 Å². The molecule has 2 heterocycles. The highest BCUT2D eigenvalue weighted by atomic mass is 35.5. The van der Waals surface area contributed by atoms with Crippen molar-refractivity contribution < 1.29 is 4.79 Å². The molecule has 2 N–H and O–H groups in total. The molecule has 1 atom stereocenters. The van der Waals surface area contributed by atoms with Crippen LogP contribution in [0.1, 0.15) is 12.8 Å². The molecule has 1 aliphatic heterocycles. The first-order valence-corrected chi connectivity index (χ1v) is 13.6. The third-order valence-electron chi connectivity index (χ3n) is 7.39. The molecule has 194 valence electrons. The number of pyridine rings is 1. The van der Waals surface area contributed by atoms with Gasteiger partial charge in [0.05, 0.1) is 5.92 Å². The van der Waals surface area contributed by atoms with Crippen LogP contribution in [0.4, 0.5) is 11.4 Å². The van der Waals surface area contributed by atoms with Gasteiger partial charge in [0, 0.05) is 45.8 Å². The number of H-pyrrole nitrogens is 1. The largest absolute Gasteiger partial charge is 0.366 e. The maximum atomic E-state index is 13.6. The molecule has 5 nitrogen and oxygen atoms in total. The van der Waals surface area contributed by atoms with E-state index < -0.39 is 0 Å². The van der Waals surface area contributed by atoms with Crippen molar-refractivity contribution in [1.82, 2.24) is 4.98 Å². The summed E-state index contributed by atoms with van der Waals surface area (Å²) in [5, 5.41) is 4.66. The number of hydrogen-bond donors (Lipinski definition) is 2. The summed E-state index contributed by atoms with van der Waals surface area (Å²) >= 11 is 6.40. The number of fused-ring (bicyclic) bond motifs is 1. The SMILES string of the molecule is O=C(Nc1ccccc1-c1ccccc1)[C@@H]1CCCN(c2c(-c3ccccc3)c3cc(Cl)ccc3[nH]c2=O)C1. The molecule has 4 aromatic carbocycles. The zero-order chi connectivity index (χ0) is 26.8. The fourth-order valence-electron chi connectivity index (χ4n) is 5.54. The lowest BCUT2D eigenvalue weighted by Gasteiger charge is -2.34. The summed E-state index contributed by atoms with van der Waals surface area (Å²) in [6, 6.07) is 33.3. The second-order valence-corrected chi connectivity index (χ2v) is 10.4. The summed E-state index contributed by atoms with van der Waals surface area (Å²) in [5.41, 5.74) is 5.74. The Labute approximate surface area is 232 Å². The van der Waals surface area contributed by atoms with Crippen molar-refractivity contribution in [2.75, 3.05) is 23.3 Å². The van der Waals surface area contributed by atoms with Crippen LogP contribution in [0.5, 0.6) is 0 Å². The topological polar surface area (TPSA) is 65.2 Å². The Morgan fingerprint density at radius 3 is 2.33 bits per heavy atom. The molecule has 0 unspecified atom stereocenters. The molecular formula is C33H28ClN3O2. The Hall–Kier alpha value is -4.35. The van der Waals surface area contributed by atoms with Gasteiger partial charge in [0.15, 0.2) is 0 Å². The first-order chi connectivity index (χ1) is 19.1. The van der Waals surface area contributed by atoms with Gasteiger partial charge in [-0.15, -0.1) is 0 Å². The number of aromatic amines is 1. The van der Waals surface area contributed by atoms with Gasteiger partial charge in [-0.25, -0.2) is 0 Å². The zero-order valence-corrected chi connectivity index (χ0v) is 22.1. The minimum atomic E-state index is -0.263. The number of piperidine rings is 1. The van der Waals surface area contributed by atoms with E-state index in [2.05, 4.69) is 15.2 Å². The van der Waals surface area contributed by atoms with E-state index in [1.807, 2.05) is 97.1 Å². The molecule has 1 aromatic heterocycles. The average Bonchev–Trinajstić information content (AvgIpc) is 2.98. The van der Waals surface area contributed by atoms with Gasteiger partial charge in [0.1, 0.15) is 5.69 Å². The first-order valence-electron chi connectivity index (χ1n) is 13.2. The molecule has 1 fully saturated rings. The Balaban J connectivity index is 1.34. The summed E-state index contributed by atoms with van der Waals surface area (Å²) in [6.45, 7) is 1.15. The van der Waals surface area contributed by atoms with Crippen molar-refractivity contribution in [3.05, 3.63) is 119 Å². The third kappa shape index (κ3) is 5.06. The van der Waals surface area contributed by atoms with Crippen LogP contribution < -0.4 is 15.8 Å². The van der Waals surface area contributed by atoms with Gasteiger partial charge >= 0.3 is 0 Å². The zero-order valence-electron chi connectivity index (χ0n) is 21.4. The van der Waals surface area contributed by atoms with Gasteiger partial charge in [-0.05, 0) is 48.2 Å². The van der Waals surface area contributed by atoms with Crippen LogP contribution >= 0.6 is 11.6 Å². The van der Waals surface area contributed by atoms with Crippen LogP contribution in [0.25, 0.3) is 33.2 Å². The number of carbonyl (C=O) groups excluding carboxylic acids is 1. The van der Waals surface area contributed by atoms with E-state index in [4.69, 9.17) is 11.6 Å². The summed E-state index contributed by atoms with van der Waals surface area (Å²) in [6.07, 6.45) is 1.56. The van der Waals surface area contributed by atoms with Crippen LogP contribution in [0.15, 0.2) is 108 Å². The molecular weight excluding hydrogens is 506 g/mol. The van der Waals surface area contributed by atoms with Crippen molar-refractivity contribution in [3.8, 4) is 22.3 Å². The maximum absolute atomic E-state index is 13.6. The van der Waals surface area contributed by atoms with Crippen LogP contribution in [0.3, 0.4) is 0 Å². The van der Waals surface area contributed by atoms with E-state index >= 15 is 0 Å². The Morgan fingerprint density at radius 1 is 0.872 bits per heavy atom. The van der Waals surface area contributed by atoms with Gasteiger partial charge < -0.3 is 15.2 Å². The molecule has 0 radical (unpaired) electrons. The molecule has 0 bridgehead atoms. The lowest BCUT2D eigenvalue weighted by atomic mass is 9.93. The first kappa shape index (κ1) is 25.0. The second kappa shape index (κ2) is 10.8. The highest BCUT2D eigenvalue weighted by Gasteiger charge is 2.30. The predicted octanol–water partition coefficient (Wildman–Crippen LogP) is 7.37. The fourth-order valence-corrected chi connectivity index (χ4v) is 5.72. The third-order valence-corrected chi connectivity index (χ3v) is 7.63. The minimum absolute atomic E-state index is 0.0374. The number of amides is 1. The predicted molar refractivity (Wildman–Crippen MR) is 160 cm³/mol. The van der Waals surface area contributed by atoms with E-state index in [9.17, 15) is 9.59 Å². The molecule has 39 heavy (non-hydrogen) atoms. The van der Waals surface area contributed by atoms with Crippen molar-refractivity contribution in [3.63, 3.8) is 0 Å². The number of nitrogens with zero attached hydrogens (tertiary/aromatic N) is 1. The molecule has 1 aliphatic rings. The quantitative estimate of drug-likeness (QED) is 0.248. The highest BCUT2D eigenvalue weighted by Crippen LogP contribution is 2.37. The Kier molecular flexibility index (Phi) is 6.91. The smallest absolute Gasteiger partial charge is 0.272 e. The lowest BCUT2D eigenvalue weighted by Crippen LogP contribution is -2.43. The van der Waals surface area contributed by atoms with Crippen molar-refractivity contribution in [2.45, 2.75) is 12.8 Å². The number of para-hydroxylation sites is 1. The molecule has 5 aromatic rings. The maximum Gasteiger partial charge on any atom is 0.272 e. The van der Waals surface area contributed by atoms with E-state index in [1.54, 1.807) is 6.07 Å². The molecule has 0 saturated carbocycles. The number of rotatable bonds is 5. The van der Waals surface area contributed by atoms with Gasteiger partial charge in [0.25, 0.3) is 5.56 Å². The molecule has 6 heteroatoms. The van der Waals surface area contributed by atoms with Crippen molar-refractivity contribution >= 4 is 39.8 Å². The molecule has 0 aliphatic carbocycles. The highest BCUT2D eigenvalue weighted by molar-refractivity contribution is 6.31. The van der Waals surface area contributed by atoms with Crippen LogP contribution in [-0.4, -0.2) is 24.0 Å². The molecule has 0 spiro atoms. The number of carbonyl (C=O) groups is 1. The lowest BCUT2D eigenvalue weighted by molar-refractivity contribution is -0.120. The van der Waals surface area contributed by atoms with E-state index in [1.165, 1.54) is 0 Å². The van der Waals surface area contributed by atoms with Crippen molar-refractivity contribution in [2.24, 2.45) is 5.92 Å². The standard InChI is InChI=1S/C33H28ClN3O2/c34-25-17-18-29-27(20-25)30(23-12-5-2-6-13-23)31(33(39)36-29)37-19-9-14-24(21-37)32(38)35-28-16-8-7-15-26(28)22-10-3-1-4-11-22/h1-8,10-13,15-18,20,24H,9,14,19,21H2,(H,35,38)(H,36,39)/t24-/m1/s1. The number of aromatic nitrogens is 1. The molecule has 1 amide bonds. The molecule has 1 saturated heterocycles. The van der Waals surface area contributed by atoms with Gasteiger partial charge in [-0.3, -0.25) is 9.59 Å². The number of hydrogen-bond acceptors (Lipinski definition) is 3. The fraction of sp³-hybridized carbons (Fsp3) is 0.152. The summed E-state index contributed by atoms with van der Waals surface area (Å²) < 4.78 is 0. The van der Waals surface area contributed by atoms with Crippen LogP contribution in [-0.2, 0) is 4.79 Å². The number of nitrogens with one attached hydrogen (secondary N) is 2. The number of anilines is 2. The Morgan fingerprint density at radius 2 is 1.56 bits per heavy atom. The van der Waals surface area contributed by atoms with Crippen LogP contribution in [0.2, 0.25) is 5.02 Å². The van der Waals surface area contributed by atoms with Gasteiger partial charge in [-0.1, -0.05) is 90.5 Å². The van der Waals surface area contributed by atoms with Crippen LogP contribution in [0, 0.1) is 5.92 Å². The number of benzene rings is 4. The normalized spacial score (nSPS) is 15.3. The van der Waals surface area contributed by atoms with E-state index in [0.717, 1.165) is 51.7 Å². The second-order valence-electron chi connectivity index (χ2n) is 9.92. The average molecular weight is 534 g/mol. The summed E-state index contributed by atoms with van der Waals surface area (Å²) in [7, 11) is 0. The monoisotopic (exact) mass is 533 g/mol. The Bertz CT molecular complexity index is 1700. The van der Waals surface area contributed by atoms with Crippen molar-refractivity contribution in [1.29, 1.82) is 0 Å². The van der Waals surface area contributed by atoms with Gasteiger partial charge in [-0.2, -0.15) is 0 Å². The van der Waals surface area contributed by atoms with E-state index in [0.29, 0.717) is 23.8 Å². The summed E-state index contributed by atoms with van der Waals surface area (Å²) in [4.78, 5) is 32.2. The number of halogens is 1. The van der Waals surface area contributed by atoms with E-state index in [-0.39, 0.29) is 17.4 Å². The minimum Gasteiger partial charge on any atom is -0.366 e.